The van der Waals surface area contributed by atoms with Gasteiger partial charge in [-0.2, -0.15) is 0 Å². The Kier molecular flexibility index (Phi) is 6.06. The summed E-state index contributed by atoms with van der Waals surface area (Å²) in [6, 6.07) is 13.3. The minimum absolute atomic E-state index is 0.0256. The van der Waals surface area contributed by atoms with E-state index in [1.165, 1.54) is 0 Å². The van der Waals surface area contributed by atoms with Gasteiger partial charge in [0, 0.05) is 31.8 Å². The van der Waals surface area contributed by atoms with Crippen LogP contribution in [0.15, 0.2) is 47.4 Å². The van der Waals surface area contributed by atoms with Crippen molar-refractivity contribution >= 4 is 46.6 Å². The lowest BCUT2D eigenvalue weighted by atomic mass is 10.1. The van der Waals surface area contributed by atoms with E-state index in [0.717, 1.165) is 27.7 Å². The molecule has 0 aliphatic heterocycles. The van der Waals surface area contributed by atoms with Crippen LogP contribution in [0.25, 0.3) is 0 Å². The zero-order valence-electron chi connectivity index (χ0n) is 10.7. The molecular weight excluding hydrogens is 333 g/mol. The first-order chi connectivity index (χ1) is 9.54. The molecule has 0 saturated carbocycles. The Balaban J connectivity index is 1.90. The van der Waals surface area contributed by atoms with E-state index >= 15 is 0 Å². The molecule has 0 heterocycles. The van der Waals surface area contributed by atoms with Crippen molar-refractivity contribution in [1.29, 1.82) is 0 Å². The van der Waals surface area contributed by atoms with Crippen LogP contribution in [-0.4, -0.2) is 11.8 Å². The molecule has 2 aromatic carbocycles. The fourth-order valence-corrected chi connectivity index (χ4v) is 3.44. The maximum absolute atomic E-state index is 6.15. The van der Waals surface area contributed by atoms with Gasteiger partial charge in [-0.1, -0.05) is 46.9 Å². The van der Waals surface area contributed by atoms with Crippen molar-refractivity contribution in [3.05, 3.63) is 63.1 Å². The van der Waals surface area contributed by atoms with E-state index in [4.69, 9.17) is 40.5 Å². The van der Waals surface area contributed by atoms with Crippen LogP contribution in [0.3, 0.4) is 0 Å². The highest BCUT2D eigenvalue weighted by Gasteiger charge is 2.09. The van der Waals surface area contributed by atoms with Gasteiger partial charge in [0.2, 0.25) is 0 Å². The standard InChI is InChI=1S/C15H14Cl3NS/c16-11-2-1-3-14(7-11)20-9-13(19)6-10-4-5-12(17)8-15(10)18/h1-5,7-8,13H,6,9,19H2. The molecule has 20 heavy (non-hydrogen) atoms. The van der Waals surface area contributed by atoms with Gasteiger partial charge in [-0.05, 0) is 42.3 Å². The predicted molar refractivity (Wildman–Crippen MR) is 90.3 cm³/mol. The fraction of sp³-hybridized carbons (Fsp3) is 0.200. The normalized spacial score (nSPS) is 12.4. The van der Waals surface area contributed by atoms with Gasteiger partial charge in [-0.15, -0.1) is 11.8 Å². The van der Waals surface area contributed by atoms with E-state index in [-0.39, 0.29) is 6.04 Å². The molecule has 0 amide bonds. The average molecular weight is 347 g/mol. The molecule has 2 aromatic rings. The number of thioether (sulfide) groups is 1. The number of rotatable bonds is 5. The zero-order chi connectivity index (χ0) is 14.5. The largest absolute Gasteiger partial charge is 0.327 e. The number of hydrogen-bond donors (Lipinski definition) is 1. The van der Waals surface area contributed by atoms with Crippen molar-refractivity contribution in [2.24, 2.45) is 5.73 Å². The molecule has 0 aliphatic carbocycles. The third kappa shape index (κ3) is 4.87. The second-order valence-corrected chi connectivity index (χ2v) is 6.84. The fourth-order valence-electron chi connectivity index (χ4n) is 1.79. The van der Waals surface area contributed by atoms with Gasteiger partial charge >= 0.3 is 0 Å². The van der Waals surface area contributed by atoms with Gasteiger partial charge in [0.05, 0.1) is 0 Å². The number of nitrogens with two attached hydrogens (primary N) is 1. The summed E-state index contributed by atoms with van der Waals surface area (Å²) in [4.78, 5) is 1.12. The Morgan fingerprint density at radius 3 is 2.45 bits per heavy atom. The van der Waals surface area contributed by atoms with Crippen molar-refractivity contribution < 1.29 is 0 Å². The van der Waals surface area contributed by atoms with Gasteiger partial charge in [0.1, 0.15) is 0 Å². The lowest BCUT2D eigenvalue weighted by molar-refractivity contribution is 0.749. The van der Waals surface area contributed by atoms with Crippen LogP contribution < -0.4 is 5.73 Å². The maximum atomic E-state index is 6.15. The van der Waals surface area contributed by atoms with Crippen molar-refractivity contribution in [1.82, 2.24) is 0 Å². The first-order valence-electron chi connectivity index (χ1n) is 6.12. The number of halogens is 3. The predicted octanol–water partition coefficient (Wildman–Crippen LogP) is 5.31. The Morgan fingerprint density at radius 2 is 1.75 bits per heavy atom. The molecule has 1 atom stereocenters. The first kappa shape index (κ1) is 16.0. The van der Waals surface area contributed by atoms with Crippen LogP contribution in [-0.2, 0) is 6.42 Å². The molecule has 0 spiro atoms. The summed E-state index contributed by atoms with van der Waals surface area (Å²) in [6.07, 6.45) is 0.726. The van der Waals surface area contributed by atoms with E-state index in [0.29, 0.717) is 10.0 Å². The summed E-state index contributed by atoms with van der Waals surface area (Å²) >= 11 is 19.7. The lowest BCUT2D eigenvalue weighted by Gasteiger charge is -2.12. The van der Waals surface area contributed by atoms with E-state index in [9.17, 15) is 0 Å². The zero-order valence-corrected chi connectivity index (χ0v) is 13.7. The lowest BCUT2D eigenvalue weighted by Crippen LogP contribution is -2.25. The Morgan fingerprint density at radius 1 is 1.00 bits per heavy atom. The Labute approximate surface area is 138 Å². The van der Waals surface area contributed by atoms with Gasteiger partial charge < -0.3 is 5.73 Å². The summed E-state index contributed by atoms with van der Waals surface area (Å²) in [5, 5.41) is 2.05. The van der Waals surface area contributed by atoms with Crippen LogP contribution in [0.4, 0.5) is 0 Å². The molecular formula is C15H14Cl3NS. The van der Waals surface area contributed by atoms with Crippen molar-refractivity contribution in [3.8, 4) is 0 Å². The van der Waals surface area contributed by atoms with Crippen LogP contribution in [0.2, 0.25) is 15.1 Å². The first-order valence-corrected chi connectivity index (χ1v) is 8.24. The van der Waals surface area contributed by atoms with Crippen molar-refractivity contribution in [2.75, 3.05) is 5.75 Å². The van der Waals surface area contributed by atoms with E-state index in [1.807, 2.05) is 36.4 Å². The minimum atomic E-state index is 0.0256. The highest BCUT2D eigenvalue weighted by atomic mass is 35.5. The quantitative estimate of drug-likeness (QED) is 0.743. The molecule has 5 heteroatoms. The highest BCUT2D eigenvalue weighted by Crippen LogP contribution is 2.25. The molecule has 2 N–H and O–H groups in total. The summed E-state index contributed by atoms with van der Waals surface area (Å²) in [6.45, 7) is 0. The highest BCUT2D eigenvalue weighted by molar-refractivity contribution is 7.99. The smallest absolute Gasteiger partial charge is 0.0453 e. The van der Waals surface area contributed by atoms with Crippen LogP contribution in [0.5, 0.6) is 0 Å². The third-order valence-corrected chi connectivity index (χ3v) is 4.76. The van der Waals surface area contributed by atoms with Crippen LogP contribution in [0, 0.1) is 0 Å². The Hall–Kier alpha value is -0.380. The second kappa shape index (κ2) is 7.58. The maximum Gasteiger partial charge on any atom is 0.0453 e. The minimum Gasteiger partial charge on any atom is -0.327 e. The topological polar surface area (TPSA) is 26.0 Å². The molecule has 0 bridgehead atoms. The van der Waals surface area contributed by atoms with Gasteiger partial charge in [-0.25, -0.2) is 0 Å². The monoisotopic (exact) mass is 345 g/mol. The van der Waals surface area contributed by atoms with Crippen LogP contribution >= 0.6 is 46.6 Å². The van der Waals surface area contributed by atoms with Crippen LogP contribution in [0.1, 0.15) is 5.56 Å². The molecule has 1 nitrogen and oxygen atoms in total. The van der Waals surface area contributed by atoms with Gasteiger partial charge in [0.25, 0.3) is 0 Å². The molecule has 0 fully saturated rings. The molecule has 106 valence electrons. The third-order valence-electron chi connectivity index (χ3n) is 2.76. The second-order valence-electron chi connectivity index (χ2n) is 4.47. The summed E-state index contributed by atoms with van der Waals surface area (Å²) in [5.41, 5.74) is 7.18. The molecule has 1 unspecified atom stereocenters. The number of benzene rings is 2. The van der Waals surface area contributed by atoms with Gasteiger partial charge in [-0.3, -0.25) is 0 Å². The average Bonchev–Trinajstić information content (AvgIpc) is 2.40. The summed E-state index contributed by atoms with van der Waals surface area (Å²) in [5.74, 6) is 0.805. The Bertz CT molecular complexity index is 589. The molecule has 2 rings (SSSR count). The summed E-state index contributed by atoms with van der Waals surface area (Å²) in [7, 11) is 0. The van der Waals surface area contributed by atoms with E-state index in [1.54, 1.807) is 17.8 Å². The van der Waals surface area contributed by atoms with Gasteiger partial charge in [0.15, 0.2) is 0 Å². The molecule has 0 radical (unpaired) electrons. The molecule has 0 aromatic heterocycles. The SMILES string of the molecule is NC(CSc1cccc(Cl)c1)Cc1ccc(Cl)cc1Cl. The van der Waals surface area contributed by atoms with E-state index < -0.39 is 0 Å². The molecule has 0 saturated heterocycles. The summed E-state index contributed by atoms with van der Waals surface area (Å²) < 4.78 is 0. The molecule has 0 aliphatic rings. The van der Waals surface area contributed by atoms with Crippen molar-refractivity contribution in [2.45, 2.75) is 17.4 Å². The van der Waals surface area contributed by atoms with Crippen molar-refractivity contribution in [3.63, 3.8) is 0 Å². The van der Waals surface area contributed by atoms with E-state index in [2.05, 4.69) is 0 Å². The number of hydrogen-bond acceptors (Lipinski definition) is 2.